The molecule has 11 heteroatoms. The van der Waals surface area contributed by atoms with Gasteiger partial charge in [-0.05, 0) is 57.9 Å². The maximum Gasteiger partial charge on any atom is 0.291 e. The molecule has 0 spiro atoms. The highest BCUT2D eigenvalue weighted by Crippen LogP contribution is 2.27. The van der Waals surface area contributed by atoms with Crippen LogP contribution in [0.15, 0.2) is 44.5 Å². The number of furan rings is 1. The normalized spacial score (nSPS) is 15.6. The van der Waals surface area contributed by atoms with Crippen LogP contribution in [0, 0.1) is 6.92 Å². The molecule has 0 aliphatic carbocycles. The van der Waals surface area contributed by atoms with E-state index >= 15 is 0 Å². The topological polar surface area (TPSA) is 126 Å². The highest BCUT2D eigenvalue weighted by atomic mass is 32.2. The van der Waals surface area contributed by atoms with E-state index in [1.165, 1.54) is 41.6 Å². The molecule has 30 heavy (non-hydrogen) atoms. The Balaban J connectivity index is 1.75. The molecule has 1 aromatic heterocycles. The number of carbonyl (C=O) groups excluding carboxylic acids is 1. The summed E-state index contributed by atoms with van der Waals surface area (Å²) in [6, 6.07) is 6.62. The first kappa shape index (κ1) is 22.5. The molecular weight excluding hydrogens is 430 g/mol. The van der Waals surface area contributed by atoms with Crippen LogP contribution in [-0.2, 0) is 20.0 Å². The first-order chi connectivity index (χ1) is 14.0. The van der Waals surface area contributed by atoms with Crippen LogP contribution in [0.25, 0.3) is 0 Å². The van der Waals surface area contributed by atoms with Gasteiger partial charge in [-0.25, -0.2) is 21.6 Å². The fourth-order valence-electron chi connectivity index (χ4n) is 3.19. The Morgan fingerprint density at radius 3 is 2.23 bits per heavy atom. The lowest BCUT2D eigenvalue weighted by atomic mass is 10.3. The highest BCUT2D eigenvalue weighted by molar-refractivity contribution is 7.89. The molecule has 1 aliphatic rings. The van der Waals surface area contributed by atoms with Gasteiger partial charge in [-0.1, -0.05) is 0 Å². The number of amides is 1. The monoisotopic (exact) mass is 455 g/mol. The van der Waals surface area contributed by atoms with Crippen molar-refractivity contribution in [2.24, 2.45) is 0 Å². The van der Waals surface area contributed by atoms with E-state index in [9.17, 15) is 21.6 Å². The van der Waals surface area contributed by atoms with Gasteiger partial charge in [0.2, 0.25) is 20.0 Å². The molecule has 0 bridgehead atoms. The standard InChI is InChI=1S/C19H25N3O6S2/c1-13(2)21-29(24,25)16-8-6-15(7-9-16)20-19(23)17-12-18(14(3)28-17)30(26,27)22-10-4-5-11-22/h6-9,12-13,21H,4-5,10-11H2,1-3H3,(H,20,23). The van der Waals surface area contributed by atoms with Gasteiger partial charge in [-0.15, -0.1) is 0 Å². The van der Waals surface area contributed by atoms with Crippen molar-refractivity contribution in [2.75, 3.05) is 18.4 Å². The number of carbonyl (C=O) groups is 1. The molecule has 0 atom stereocenters. The van der Waals surface area contributed by atoms with Crippen molar-refractivity contribution < 1.29 is 26.0 Å². The third-order valence-corrected chi connectivity index (χ3v) is 8.27. The van der Waals surface area contributed by atoms with E-state index in [0.717, 1.165) is 12.8 Å². The molecule has 1 saturated heterocycles. The van der Waals surface area contributed by atoms with E-state index in [1.807, 2.05) is 0 Å². The van der Waals surface area contributed by atoms with Crippen molar-refractivity contribution in [1.29, 1.82) is 0 Å². The summed E-state index contributed by atoms with van der Waals surface area (Å²) < 4.78 is 59.0. The maximum absolute atomic E-state index is 12.7. The Labute approximate surface area is 176 Å². The van der Waals surface area contributed by atoms with E-state index in [-0.39, 0.29) is 27.4 Å². The van der Waals surface area contributed by atoms with Gasteiger partial charge in [0.15, 0.2) is 5.76 Å². The van der Waals surface area contributed by atoms with Crippen LogP contribution in [0.3, 0.4) is 0 Å². The Morgan fingerprint density at radius 1 is 1.07 bits per heavy atom. The van der Waals surface area contributed by atoms with E-state index in [2.05, 4.69) is 10.0 Å². The lowest BCUT2D eigenvalue weighted by Crippen LogP contribution is -2.30. The largest absolute Gasteiger partial charge is 0.455 e. The van der Waals surface area contributed by atoms with E-state index in [0.29, 0.717) is 18.8 Å². The van der Waals surface area contributed by atoms with Gasteiger partial charge in [0.1, 0.15) is 10.7 Å². The minimum absolute atomic E-state index is 0.0178. The molecular formula is C19H25N3O6S2. The number of hydrogen-bond donors (Lipinski definition) is 2. The molecule has 0 saturated carbocycles. The Hall–Kier alpha value is -2.21. The summed E-state index contributed by atoms with van der Waals surface area (Å²) in [6.45, 7) is 5.84. The van der Waals surface area contributed by atoms with Crippen LogP contribution < -0.4 is 10.0 Å². The predicted molar refractivity (Wildman–Crippen MR) is 111 cm³/mol. The third kappa shape index (κ3) is 4.75. The number of rotatable bonds is 7. The van der Waals surface area contributed by atoms with E-state index < -0.39 is 26.0 Å². The second kappa shape index (κ2) is 8.50. The van der Waals surface area contributed by atoms with Crippen molar-refractivity contribution in [2.45, 2.75) is 49.4 Å². The molecule has 1 amide bonds. The molecule has 0 unspecified atom stereocenters. The summed E-state index contributed by atoms with van der Waals surface area (Å²) in [5, 5.41) is 2.58. The molecule has 1 fully saturated rings. The van der Waals surface area contributed by atoms with Crippen LogP contribution in [0.5, 0.6) is 0 Å². The summed E-state index contributed by atoms with van der Waals surface area (Å²) in [6.07, 6.45) is 1.61. The predicted octanol–water partition coefficient (Wildman–Crippen LogP) is 2.31. The number of nitrogens with zero attached hydrogens (tertiary/aromatic N) is 1. The van der Waals surface area contributed by atoms with Crippen molar-refractivity contribution in [3.05, 3.63) is 41.9 Å². The van der Waals surface area contributed by atoms with Crippen molar-refractivity contribution in [3.8, 4) is 0 Å². The number of benzene rings is 1. The summed E-state index contributed by atoms with van der Waals surface area (Å²) in [5.74, 6) is -0.617. The number of hydrogen-bond acceptors (Lipinski definition) is 6. The van der Waals surface area contributed by atoms with Crippen LogP contribution in [-0.4, -0.2) is 46.2 Å². The summed E-state index contributed by atoms with van der Waals surface area (Å²) in [7, 11) is -7.34. The van der Waals surface area contributed by atoms with Crippen molar-refractivity contribution in [1.82, 2.24) is 9.03 Å². The zero-order valence-corrected chi connectivity index (χ0v) is 18.6. The Bertz CT molecular complexity index is 1130. The van der Waals surface area contributed by atoms with Crippen LogP contribution in [0.1, 0.15) is 43.0 Å². The number of aryl methyl sites for hydroxylation is 1. The lowest BCUT2D eigenvalue weighted by Gasteiger charge is -2.14. The van der Waals surface area contributed by atoms with Gasteiger partial charge in [0.05, 0.1) is 4.90 Å². The summed E-state index contributed by atoms with van der Waals surface area (Å²) >= 11 is 0. The van der Waals surface area contributed by atoms with Crippen molar-refractivity contribution >= 4 is 31.6 Å². The molecule has 3 rings (SSSR count). The molecule has 1 aliphatic heterocycles. The average Bonchev–Trinajstić information content (AvgIpc) is 3.31. The molecule has 2 aromatic rings. The lowest BCUT2D eigenvalue weighted by molar-refractivity contribution is 0.0995. The van der Waals surface area contributed by atoms with Gasteiger partial charge in [0.25, 0.3) is 5.91 Å². The summed E-state index contributed by atoms with van der Waals surface area (Å²) in [5.41, 5.74) is 0.349. The molecule has 0 radical (unpaired) electrons. The molecule has 2 heterocycles. The minimum Gasteiger partial charge on any atom is -0.455 e. The van der Waals surface area contributed by atoms with Crippen molar-refractivity contribution in [3.63, 3.8) is 0 Å². The minimum atomic E-state index is -3.70. The van der Waals surface area contributed by atoms with E-state index in [4.69, 9.17) is 4.42 Å². The Morgan fingerprint density at radius 2 is 1.67 bits per heavy atom. The molecule has 164 valence electrons. The number of anilines is 1. The zero-order valence-electron chi connectivity index (χ0n) is 17.0. The van der Waals surface area contributed by atoms with Gasteiger partial charge < -0.3 is 9.73 Å². The van der Waals surface area contributed by atoms with Crippen LogP contribution >= 0.6 is 0 Å². The molecule has 9 nitrogen and oxygen atoms in total. The SMILES string of the molecule is Cc1oc(C(=O)Nc2ccc(S(=O)(=O)NC(C)C)cc2)cc1S(=O)(=O)N1CCCC1. The third-order valence-electron chi connectivity index (χ3n) is 4.59. The fourth-order valence-corrected chi connectivity index (χ4v) is 6.12. The number of nitrogens with one attached hydrogen (secondary N) is 2. The van der Waals surface area contributed by atoms with Crippen LogP contribution in [0.4, 0.5) is 5.69 Å². The zero-order chi connectivity index (χ0) is 22.1. The maximum atomic E-state index is 12.7. The quantitative estimate of drug-likeness (QED) is 0.660. The molecule has 2 N–H and O–H groups in total. The highest BCUT2D eigenvalue weighted by Gasteiger charge is 2.31. The van der Waals surface area contributed by atoms with E-state index in [1.54, 1.807) is 13.8 Å². The van der Waals surface area contributed by atoms with Gasteiger partial charge in [-0.2, -0.15) is 4.31 Å². The smallest absolute Gasteiger partial charge is 0.291 e. The summed E-state index contributed by atoms with van der Waals surface area (Å²) in [4.78, 5) is 12.6. The fraction of sp³-hybridized carbons (Fsp3) is 0.421. The first-order valence-electron chi connectivity index (χ1n) is 9.55. The van der Waals surface area contributed by atoms with Gasteiger partial charge >= 0.3 is 0 Å². The molecule has 1 aromatic carbocycles. The first-order valence-corrected chi connectivity index (χ1v) is 12.5. The second-order valence-electron chi connectivity index (χ2n) is 7.40. The van der Waals surface area contributed by atoms with Crippen LogP contribution in [0.2, 0.25) is 0 Å². The van der Waals surface area contributed by atoms with Gasteiger partial charge in [-0.3, -0.25) is 4.79 Å². The average molecular weight is 456 g/mol. The Kier molecular flexibility index (Phi) is 6.37. The second-order valence-corrected chi connectivity index (χ2v) is 11.0. The van der Waals surface area contributed by atoms with Gasteiger partial charge in [0, 0.05) is 30.9 Å². The number of sulfonamides is 2.